The Balaban J connectivity index is 1.77. The first-order valence-corrected chi connectivity index (χ1v) is 12.8. The van der Waals surface area contributed by atoms with Crippen molar-refractivity contribution < 1.29 is 13.2 Å². The molecular weight excluding hydrogens is 466 g/mol. The minimum atomic E-state index is -3.78. The highest BCUT2D eigenvalue weighted by atomic mass is 32.2. The van der Waals surface area contributed by atoms with E-state index in [1.54, 1.807) is 18.3 Å². The van der Waals surface area contributed by atoms with Crippen molar-refractivity contribution in [1.29, 1.82) is 0 Å². The fourth-order valence-electron chi connectivity index (χ4n) is 4.10. The number of ether oxygens (including phenoxy) is 1. The fourth-order valence-corrected chi connectivity index (χ4v) is 4.95. The molecule has 1 aliphatic rings. The topological polar surface area (TPSA) is 139 Å². The molecule has 0 bridgehead atoms. The van der Waals surface area contributed by atoms with Gasteiger partial charge in [0.15, 0.2) is 0 Å². The minimum absolute atomic E-state index is 0.0514. The summed E-state index contributed by atoms with van der Waals surface area (Å²) in [5.41, 5.74) is 9.64. The van der Waals surface area contributed by atoms with Crippen LogP contribution in [-0.4, -0.2) is 55.5 Å². The first-order chi connectivity index (χ1) is 16.9. The number of nitrogens with one attached hydrogen (secondary N) is 2. The van der Waals surface area contributed by atoms with Gasteiger partial charge in [0.25, 0.3) is 10.0 Å². The van der Waals surface area contributed by atoms with Crippen LogP contribution in [0.2, 0.25) is 0 Å². The molecule has 4 N–H and O–H groups in total. The SMILES string of the molecule is C=CC[C@H]1COCCN1c1cc(CS(=O)(=O)N=CN)cc(-c2ccc3[nH]c(CNC=C)cc3n2)n1. The van der Waals surface area contributed by atoms with Gasteiger partial charge in [-0.2, -0.15) is 4.40 Å². The van der Waals surface area contributed by atoms with Crippen molar-refractivity contribution in [1.82, 2.24) is 20.3 Å². The molecule has 4 heterocycles. The van der Waals surface area contributed by atoms with Crippen LogP contribution in [-0.2, 0) is 27.1 Å². The molecule has 0 radical (unpaired) electrons. The number of aromatic amines is 1. The number of sulfonamides is 1. The third kappa shape index (κ3) is 5.87. The Bertz CT molecular complexity index is 1350. The lowest BCUT2D eigenvalue weighted by atomic mass is 10.1. The molecule has 35 heavy (non-hydrogen) atoms. The largest absolute Gasteiger partial charge is 0.389 e. The van der Waals surface area contributed by atoms with E-state index in [1.165, 1.54) is 0 Å². The zero-order valence-corrected chi connectivity index (χ0v) is 20.2. The maximum absolute atomic E-state index is 12.4. The van der Waals surface area contributed by atoms with Crippen LogP contribution >= 0.6 is 0 Å². The van der Waals surface area contributed by atoms with E-state index in [0.717, 1.165) is 23.1 Å². The Morgan fingerprint density at radius 3 is 2.89 bits per heavy atom. The van der Waals surface area contributed by atoms with Crippen molar-refractivity contribution >= 4 is 33.2 Å². The Labute approximate surface area is 204 Å². The zero-order chi connectivity index (χ0) is 24.8. The van der Waals surface area contributed by atoms with Gasteiger partial charge in [-0.15, -0.1) is 6.58 Å². The highest BCUT2D eigenvalue weighted by Crippen LogP contribution is 2.28. The number of nitrogens with two attached hydrogens (primary N) is 1. The maximum atomic E-state index is 12.4. The Hall–Kier alpha value is -3.70. The van der Waals surface area contributed by atoms with E-state index in [4.69, 9.17) is 20.4 Å². The molecule has 1 atom stereocenters. The van der Waals surface area contributed by atoms with E-state index < -0.39 is 10.0 Å². The monoisotopic (exact) mass is 495 g/mol. The van der Waals surface area contributed by atoms with E-state index >= 15 is 0 Å². The molecule has 1 saturated heterocycles. The van der Waals surface area contributed by atoms with Gasteiger partial charge in [0.05, 0.1) is 60.3 Å². The van der Waals surface area contributed by atoms with E-state index in [9.17, 15) is 8.42 Å². The highest BCUT2D eigenvalue weighted by Gasteiger charge is 2.25. The average molecular weight is 496 g/mol. The normalized spacial score (nSPS) is 16.6. The summed E-state index contributed by atoms with van der Waals surface area (Å²) in [6, 6.07) is 9.33. The fraction of sp³-hybridized carbons (Fsp3) is 0.292. The zero-order valence-electron chi connectivity index (χ0n) is 19.4. The predicted molar refractivity (Wildman–Crippen MR) is 138 cm³/mol. The van der Waals surface area contributed by atoms with Gasteiger partial charge in [-0.3, -0.25) is 0 Å². The third-order valence-corrected chi connectivity index (χ3v) is 6.77. The first-order valence-electron chi connectivity index (χ1n) is 11.2. The van der Waals surface area contributed by atoms with Crippen molar-refractivity contribution in [2.24, 2.45) is 10.1 Å². The molecule has 0 aromatic carbocycles. The van der Waals surface area contributed by atoms with E-state index in [2.05, 4.69) is 32.8 Å². The van der Waals surface area contributed by atoms with Crippen LogP contribution in [0, 0.1) is 0 Å². The smallest absolute Gasteiger partial charge is 0.258 e. The van der Waals surface area contributed by atoms with Gasteiger partial charge in [0, 0.05) is 12.2 Å². The van der Waals surface area contributed by atoms with Crippen LogP contribution in [0.1, 0.15) is 17.7 Å². The van der Waals surface area contributed by atoms with Crippen LogP contribution in [0.15, 0.2) is 60.2 Å². The maximum Gasteiger partial charge on any atom is 0.258 e. The van der Waals surface area contributed by atoms with Gasteiger partial charge in [0.2, 0.25) is 0 Å². The number of anilines is 1. The molecule has 0 amide bonds. The molecule has 4 rings (SSSR count). The second kappa shape index (κ2) is 10.7. The summed E-state index contributed by atoms with van der Waals surface area (Å²) in [7, 11) is -3.78. The van der Waals surface area contributed by atoms with E-state index in [0.29, 0.717) is 55.5 Å². The molecule has 0 saturated carbocycles. The number of rotatable bonds is 10. The molecule has 0 spiro atoms. The van der Waals surface area contributed by atoms with Crippen molar-refractivity contribution in [2.75, 3.05) is 24.7 Å². The lowest BCUT2D eigenvalue weighted by molar-refractivity contribution is 0.0944. The van der Waals surface area contributed by atoms with Crippen molar-refractivity contribution in [3.8, 4) is 11.4 Å². The molecule has 1 aliphatic heterocycles. The van der Waals surface area contributed by atoms with Crippen LogP contribution < -0.4 is 16.0 Å². The van der Waals surface area contributed by atoms with Crippen LogP contribution in [0.4, 0.5) is 5.82 Å². The molecule has 10 nitrogen and oxygen atoms in total. The molecule has 3 aromatic rings. The summed E-state index contributed by atoms with van der Waals surface area (Å²) in [4.78, 5) is 15.1. The van der Waals surface area contributed by atoms with Crippen LogP contribution in [0.5, 0.6) is 0 Å². The molecule has 0 aliphatic carbocycles. The summed E-state index contributed by atoms with van der Waals surface area (Å²) in [6.45, 7) is 9.85. The highest BCUT2D eigenvalue weighted by molar-refractivity contribution is 7.89. The summed E-state index contributed by atoms with van der Waals surface area (Å²) in [5, 5.41) is 3.06. The van der Waals surface area contributed by atoms with Crippen LogP contribution in [0.25, 0.3) is 22.4 Å². The molecule has 3 aromatic heterocycles. The van der Waals surface area contributed by atoms with Gasteiger partial charge in [0.1, 0.15) is 5.82 Å². The number of morpholine rings is 1. The molecule has 1 fully saturated rings. The third-order valence-electron chi connectivity index (χ3n) is 5.63. The van der Waals surface area contributed by atoms with E-state index in [-0.39, 0.29) is 11.8 Å². The summed E-state index contributed by atoms with van der Waals surface area (Å²) in [6.07, 6.45) is 4.99. The van der Waals surface area contributed by atoms with Crippen molar-refractivity contribution in [2.45, 2.75) is 24.8 Å². The summed E-state index contributed by atoms with van der Waals surface area (Å²) >= 11 is 0. The first kappa shape index (κ1) is 24.4. The number of hydrogen-bond donors (Lipinski definition) is 3. The number of nitrogens with zero attached hydrogens (tertiary/aromatic N) is 4. The van der Waals surface area contributed by atoms with Crippen molar-refractivity contribution in [3.63, 3.8) is 0 Å². The van der Waals surface area contributed by atoms with Crippen LogP contribution in [0.3, 0.4) is 0 Å². The number of fused-ring (bicyclic) bond motifs is 1. The second-order valence-corrected chi connectivity index (χ2v) is 9.82. The Kier molecular flexibility index (Phi) is 7.47. The minimum Gasteiger partial charge on any atom is -0.389 e. The lowest BCUT2D eigenvalue weighted by Crippen LogP contribution is -2.45. The van der Waals surface area contributed by atoms with Gasteiger partial charge in [-0.25, -0.2) is 18.4 Å². The lowest BCUT2D eigenvalue weighted by Gasteiger charge is -2.36. The average Bonchev–Trinajstić information content (AvgIpc) is 3.25. The quantitative estimate of drug-likeness (QED) is 0.221. The number of aromatic nitrogens is 3. The molecule has 0 unspecified atom stereocenters. The second-order valence-electron chi connectivity index (χ2n) is 8.15. The Morgan fingerprint density at radius 2 is 2.11 bits per heavy atom. The van der Waals surface area contributed by atoms with Crippen molar-refractivity contribution in [3.05, 3.63) is 67.0 Å². The molecular formula is C24H29N7O3S. The molecule has 184 valence electrons. The van der Waals surface area contributed by atoms with Gasteiger partial charge < -0.3 is 25.7 Å². The van der Waals surface area contributed by atoms with Gasteiger partial charge in [-0.1, -0.05) is 12.7 Å². The number of hydrogen-bond acceptors (Lipinski definition) is 7. The van der Waals surface area contributed by atoms with E-state index in [1.807, 2.05) is 24.3 Å². The standard InChI is InChI=1S/C24H29N7O3S/c1-3-5-19-14-34-9-8-31(19)24-11-17(15-35(32,33)27-16-25)10-22(30-24)21-7-6-20-23(29-21)12-18(28-20)13-26-4-2/h3-4,6-7,10-12,16,19,26,28H,1-2,5,8-9,13-15H2,(H2,25,27)/t19-/m0/s1. The Morgan fingerprint density at radius 1 is 1.26 bits per heavy atom. The summed E-state index contributed by atoms with van der Waals surface area (Å²) in [5.74, 6) is 0.357. The summed E-state index contributed by atoms with van der Waals surface area (Å²) < 4.78 is 33.9. The number of pyridine rings is 2. The number of H-pyrrole nitrogens is 1. The molecule has 11 heteroatoms. The van der Waals surface area contributed by atoms with Gasteiger partial charge in [-0.05, 0) is 48.5 Å². The predicted octanol–water partition coefficient (Wildman–Crippen LogP) is 2.46. The van der Waals surface area contributed by atoms with Gasteiger partial charge >= 0.3 is 0 Å².